The first-order valence-corrected chi connectivity index (χ1v) is 7.39. The van der Waals surface area contributed by atoms with Crippen LogP contribution in [0, 0.1) is 17.8 Å². The number of fused-ring (bicyclic) bond motifs is 5. The number of imide groups is 1. The molecule has 0 unspecified atom stereocenters. The van der Waals surface area contributed by atoms with E-state index in [-0.39, 0.29) is 24.0 Å². The number of carbonyl (C=O) groups is 2. The molecule has 1 aromatic rings. The van der Waals surface area contributed by atoms with E-state index in [1.165, 1.54) is 4.90 Å². The van der Waals surface area contributed by atoms with Crippen molar-refractivity contribution in [3.05, 3.63) is 23.9 Å². The first-order chi connectivity index (χ1) is 9.90. The van der Waals surface area contributed by atoms with Crippen molar-refractivity contribution in [2.24, 2.45) is 10.8 Å². The summed E-state index contributed by atoms with van der Waals surface area (Å²) in [6.45, 7) is 5.62. The van der Waals surface area contributed by atoms with Crippen molar-refractivity contribution in [1.82, 2.24) is 4.98 Å². The van der Waals surface area contributed by atoms with Crippen molar-refractivity contribution < 1.29 is 14.3 Å². The van der Waals surface area contributed by atoms with E-state index in [1.807, 2.05) is 32.9 Å². The minimum absolute atomic E-state index is 0.154. The Kier molecular flexibility index (Phi) is 2.29. The van der Waals surface area contributed by atoms with Crippen LogP contribution in [0.2, 0.25) is 0 Å². The van der Waals surface area contributed by atoms with Crippen molar-refractivity contribution in [3.63, 3.8) is 0 Å². The maximum Gasteiger partial charge on any atom is 0.244 e. The fraction of sp³-hybridized carbons (Fsp3) is 0.562. The predicted molar refractivity (Wildman–Crippen MR) is 75.6 cm³/mol. The molecule has 0 spiro atoms. The highest BCUT2D eigenvalue weighted by Crippen LogP contribution is 2.64. The lowest BCUT2D eigenvalue weighted by Gasteiger charge is -2.36. The number of aryl methyl sites for hydroxylation is 1. The Labute approximate surface area is 123 Å². The van der Waals surface area contributed by atoms with E-state index in [0.29, 0.717) is 5.82 Å². The summed E-state index contributed by atoms with van der Waals surface area (Å²) >= 11 is 0. The molecule has 0 N–H and O–H groups in total. The number of aromatic nitrogens is 1. The molecule has 4 heterocycles. The van der Waals surface area contributed by atoms with Gasteiger partial charge in [0.05, 0.1) is 23.0 Å². The zero-order valence-electron chi connectivity index (χ0n) is 12.4. The van der Waals surface area contributed by atoms with Crippen molar-refractivity contribution in [1.29, 1.82) is 0 Å². The molecule has 2 amide bonds. The van der Waals surface area contributed by atoms with Gasteiger partial charge in [-0.1, -0.05) is 6.07 Å². The lowest BCUT2D eigenvalue weighted by atomic mass is 9.59. The van der Waals surface area contributed by atoms with E-state index in [1.54, 1.807) is 6.07 Å². The standard InChI is InChI=1S/C16H18N2O3/c1-9-5-4-6-12(17-9)18-13(19)15(2)10-7-8-11(21-10)16(15,3)14(18)20/h4-6,10-11H,7-8H2,1-3H3/t10-,11+,15+,16-. The van der Waals surface area contributed by atoms with Gasteiger partial charge in [0.2, 0.25) is 11.8 Å². The summed E-state index contributed by atoms with van der Waals surface area (Å²) in [5, 5.41) is 0. The van der Waals surface area contributed by atoms with Crippen molar-refractivity contribution in [2.45, 2.75) is 45.8 Å². The number of rotatable bonds is 1. The van der Waals surface area contributed by atoms with E-state index in [4.69, 9.17) is 4.74 Å². The summed E-state index contributed by atoms with van der Waals surface area (Å²) < 4.78 is 5.91. The van der Waals surface area contributed by atoms with Crippen LogP contribution in [0.4, 0.5) is 5.82 Å². The summed E-state index contributed by atoms with van der Waals surface area (Å²) in [4.78, 5) is 31.7. The second kappa shape index (κ2) is 3.71. The Morgan fingerprint density at radius 3 is 2.24 bits per heavy atom. The zero-order valence-corrected chi connectivity index (χ0v) is 12.4. The van der Waals surface area contributed by atoms with Gasteiger partial charge in [0.25, 0.3) is 0 Å². The van der Waals surface area contributed by atoms with E-state index in [2.05, 4.69) is 4.98 Å². The summed E-state index contributed by atoms with van der Waals surface area (Å²) in [6, 6.07) is 5.40. The molecule has 4 rings (SSSR count). The first kappa shape index (κ1) is 13.0. The third-order valence-electron chi connectivity index (χ3n) is 5.78. The van der Waals surface area contributed by atoms with E-state index in [0.717, 1.165) is 18.5 Å². The van der Waals surface area contributed by atoms with Gasteiger partial charge in [0.15, 0.2) is 0 Å². The molecule has 0 saturated carbocycles. The van der Waals surface area contributed by atoms with Gasteiger partial charge in [-0.15, -0.1) is 0 Å². The Bertz CT molecular complexity index is 639. The molecule has 110 valence electrons. The number of pyridine rings is 1. The van der Waals surface area contributed by atoms with Crippen LogP contribution >= 0.6 is 0 Å². The number of anilines is 1. The Morgan fingerprint density at radius 2 is 1.71 bits per heavy atom. The molecule has 3 fully saturated rings. The molecule has 0 aliphatic carbocycles. The van der Waals surface area contributed by atoms with E-state index in [9.17, 15) is 9.59 Å². The van der Waals surface area contributed by atoms with Crippen LogP contribution in [0.1, 0.15) is 32.4 Å². The highest BCUT2D eigenvalue weighted by molar-refractivity contribution is 6.25. The van der Waals surface area contributed by atoms with Crippen molar-refractivity contribution >= 4 is 17.6 Å². The average molecular weight is 286 g/mol. The van der Waals surface area contributed by atoms with Crippen LogP contribution in [0.3, 0.4) is 0 Å². The second-order valence-electron chi connectivity index (χ2n) is 6.68. The van der Waals surface area contributed by atoms with Gasteiger partial charge >= 0.3 is 0 Å². The largest absolute Gasteiger partial charge is 0.373 e. The fourth-order valence-corrected chi connectivity index (χ4v) is 4.29. The summed E-state index contributed by atoms with van der Waals surface area (Å²) in [5.41, 5.74) is -0.740. The number of nitrogens with zero attached hydrogens (tertiary/aromatic N) is 2. The maximum absolute atomic E-state index is 13.0. The second-order valence-corrected chi connectivity index (χ2v) is 6.68. The van der Waals surface area contributed by atoms with Gasteiger partial charge in [-0.3, -0.25) is 9.59 Å². The highest BCUT2D eigenvalue weighted by atomic mass is 16.5. The molecule has 3 aliphatic heterocycles. The third-order valence-corrected chi connectivity index (χ3v) is 5.78. The van der Waals surface area contributed by atoms with Crippen LogP contribution in [0.15, 0.2) is 18.2 Å². The Morgan fingerprint density at radius 1 is 1.14 bits per heavy atom. The molecule has 5 nitrogen and oxygen atoms in total. The van der Waals surface area contributed by atoms with Crippen LogP contribution in [0.25, 0.3) is 0 Å². The highest BCUT2D eigenvalue weighted by Gasteiger charge is 2.77. The number of hydrogen-bond acceptors (Lipinski definition) is 4. The number of amides is 2. The molecular weight excluding hydrogens is 268 g/mol. The molecule has 5 heteroatoms. The third kappa shape index (κ3) is 1.24. The van der Waals surface area contributed by atoms with Gasteiger partial charge in [0.1, 0.15) is 5.82 Å². The van der Waals surface area contributed by atoms with Crippen molar-refractivity contribution in [2.75, 3.05) is 4.90 Å². The van der Waals surface area contributed by atoms with Crippen LogP contribution in [0.5, 0.6) is 0 Å². The molecule has 2 bridgehead atoms. The number of hydrogen-bond donors (Lipinski definition) is 0. The number of ether oxygens (including phenoxy) is 1. The summed E-state index contributed by atoms with van der Waals surface area (Å²) in [7, 11) is 0. The lowest BCUT2D eigenvalue weighted by molar-refractivity contribution is -0.132. The van der Waals surface area contributed by atoms with Crippen LogP contribution in [-0.2, 0) is 14.3 Å². The maximum atomic E-state index is 13.0. The van der Waals surface area contributed by atoms with E-state index >= 15 is 0 Å². The molecule has 0 radical (unpaired) electrons. The Balaban J connectivity index is 1.87. The molecule has 3 aliphatic rings. The van der Waals surface area contributed by atoms with Crippen LogP contribution < -0.4 is 4.90 Å². The normalized spacial score (nSPS) is 41.0. The monoisotopic (exact) mass is 286 g/mol. The first-order valence-electron chi connectivity index (χ1n) is 7.39. The molecule has 1 aromatic heterocycles. The Hall–Kier alpha value is -1.75. The summed E-state index contributed by atoms with van der Waals surface area (Å²) in [5.74, 6) is 0.0989. The molecule has 3 saturated heterocycles. The predicted octanol–water partition coefficient (Wildman–Crippen LogP) is 1.84. The average Bonchev–Trinajstić information content (AvgIpc) is 3.05. The van der Waals surface area contributed by atoms with Gasteiger partial charge in [0, 0.05) is 5.69 Å². The SMILES string of the molecule is Cc1cccc(N2C(=O)[C@@]3(C)[C@@H]4CC[C@@H](O4)[C@@]3(C)C2=O)n1. The van der Waals surface area contributed by atoms with Gasteiger partial charge in [-0.2, -0.15) is 0 Å². The van der Waals surface area contributed by atoms with Gasteiger partial charge in [-0.25, -0.2) is 9.88 Å². The zero-order chi connectivity index (χ0) is 15.0. The summed E-state index contributed by atoms with van der Waals surface area (Å²) in [6.07, 6.45) is 1.40. The fourth-order valence-electron chi connectivity index (χ4n) is 4.29. The molecular formula is C16H18N2O3. The smallest absolute Gasteiger partial charge is 0.244 e. The minimum Gasteiger partial charge on any atom is -0.373 e. The minimum atomic E-state index is -0.765. The van der Waals surface area contributed by atoms with Gasteiger partial charge in [-0.05, 0) is 45.7 Å². The topological polar surface area (TPSA) is 59.5 Å². The molecule has 4 atom stereocenters. The number of carbonyl (C=O) groups excluding carboxylic acids is 2. The molecule has 21 heavy (non-hydrogen) atoms. The quantitative estimate of drug-likeness (QED) is 0.739. The van der Waals surface area contributed by atoms with Crippen LogP contribution in [-0.4, -0.2) is 29.0 Å². The molecule has 0 aromatic carbocycles. The lowest BCUT2D eigenvalue weighted by Crippen LogP contribution is -2.48. The van der Waals surface area contributed by atoms with Gasteiger partial charge < -0.3 is 4.74 Å². The van der Waals surface area contributed by atoms with Crippen molar-refractivity contribution in [3.8, 4) is 0 Å². The van der Waals surface area contributed by atoms with E-state index < -0.39 is 10.8 Å².